The second kappa shape index (κ2) is 7.23. The van der Waals surface area contributed by atoms with Gasteiger partial charge in [-0.15, -0.1) is 0 Å². The number of methoxy groups -OCH3 is 1. The maximum atomic E-state index is 5.40. The van der Waals surface area contributed by atoms with E-state index in [1.165, 1.54) is 11.1 Å². The van der Waals surface area contributed by atoms with Crippen LogP contribution in [0.4, 0.5) is 0 Å². The number of benzene rings is 3. The van der Waals surface area contributed by atoms with Crippen LogP contribution in [-0.4, -0.2) is 17.3 Å². The third-order valence-corrected chi connectivity index (χ3v) is 4.23. The minimum atomic E-state index is 0.587. The molecular formula is C22H18N2O2. The first-order chi connectivity index (χ1) is 12.8. The van der Waals surface area contributed by atoms with Crippen molar-refractivity contribution in [3.8, 4) is 28.3 Å². The monoisotopic (exact) mass is 342 g/mol. The molecule has 0 radical (unpaired) electrons. The number of rotatable bonds is 5. The maximum absolute atomic E-state index is 5.40. The Morgan fingerprint density at radius 3 is 2.12 bits per heavy atom. The number of hydrogen-bond donors (Lipinski definition) is 0. The average molecular weight is 342 g/mol. The van der Waals surface area contributed by atoms with Gasteiger partial charge in [-0.25, -0.2) is 0 Å². The van der Waals surface area contributed by atoms with E-state index in [9.17, 15) is 0 Å². The predicted molar refractivity (Wildman–Crippen MR) is 101 cm³/mol. The Bertz CT molecular complexity index is 975. The van der Waals surface area contributed by atoms with Crippen LogP contribution in [0.5, 0.6) is 5.75 Å². The van der Waals surface area contributed by atoms with Crippen molar-refractivity contribution in [3.05, 3.63) is 90.3 Å². The Morgan fingerprint density at radius 1 is 0.769 bits per heavy atom. The number of aromatic nitrogens is 2. The normalized spacial score (nSPS) is 10.7. The maximum Gasteiger partial charge on any atom is 0.231 e. The average Bonchev–Trinajstić information content (AvgIpc) is 3.18. The van der Waals surface area contributed by atoms with Crippen molar-refractivity contribution in [1.82, 2.24) is 10.1 Å². The van der Waals surface area contributed by atoms with Gasteiger partial charge in [0.15, 0.2) is 0 Å². The minimum Gasteiger partial charge on any atom is -0.497 e. The number of nitrogens with zero attached hydrogens (tertiary/aromatic N) is 2. The van der Waals surface area contributed by atoms with E-state index in [2.05, 4.69) is 46.5 Å². The number of hydrogen-bond acceptors (Lipinski definition) is 4. The molecule has 0 atom stereocenters. The molecule has 0 aliphatic carbocycles. The second-order valence-corrected chi connectivity index (χ2v) is 5.98. The molecule has 1 heterocycles. The molecule has 0 amide bonds. The van der Waals surface area contributed by atoms with Crippen LogP contribution in [0.1, 0.15) is 11.5 Å². The van der Waals surface area contributed by atoms with E-state index in [4.69, 9.17) is 9.26 Å². The molecule has 4 heteroatoms. The fourth-order valence-corrected chi connectivity index (χ4v) is 2.80. The fraction of sp³-hybridized carbons (Fsp3) is 0.0909. The summed E-state index contributed by atoms with van der Waals surface area (Å²) in [6.45, 7) is 0. The van der Waals surface area contributed by atoms with Crippen LogP contribution in [0.25, 0.3) is 22.5 Å². The summed E-state index contributed by atoms with van der Waals surface area (Å²) in [6.07, 6.45) is 0.609. The first kappa shape index (κ1) is 16.1. The van der Waals surface area contributed by atoms with Crippen molar-refractivity contribution in [2.24, 2.45) is 0 Å². The molecule has 26 heavy (non-hydrogen) atoms. The summed E-state index contributed by atoms with van der Waals surface area (Å²) in [6, 6.07) is 26.3. The summed E-state index contributed by atoms with van der Waals surface area (Å²) >= 11 is 0. The highest BCUT2D eigenvalue weighted by Gasteiger charge is 2.09. The Hall–Kier alpha value is -3.40. The standard InChI is InChI=1S/C22H18N2O2/c1-25-20-13-11-19(12-14-20)22-23-21(26-24-22)15-16-7-9-18(10-8-16)17-5-3-2-4-6-17/h2-14H,15H2,1H3. The summed E-state index contributed by atoms with van der Waals surface area (Å²) in [5.74, 6) is 1.99. The molecule has 0 unspecified atom stereocenters. The van der Waals surface area contributed by atoms with Gasteiger partial charge in [0.05, 0.1) is 13.5 Å². The van der Waals surface area contributed by atoms with Crippen molar-refractivity contribution < 1.29 is 9.26 Å². The summed E-state index contributed by atoms with van der Waals surface area (Å²) in [5.41, 5.74) is 4.44. The lowest BCUT2D eigenvalue weighted by Gasteiger charge is -2.02. The molecule has 0 bridgehead atoms. The van der Waals surface area contributed by atoms with Crippen molar-refractivity contribution >= 4 is 0 Å². The highest BCUT2D eigenvalue weighted by molar-refractivity contribution is 5.63. The Balaban J connectivity index is 1.48. The van der Waals surface area contributed by atoms with Crippen molar-refractivity contribution in [3.63, 3.8) is 0 Å². The zero-order valence-electron chi connectivity index (χ0n) is 14.4. The lowest BCUT2D eigenvalue weighted by Crippen LogP contribution is -1.89. The van der Waals surface area contributed by atoms with Gasteiger partial charge in [-0.05, 0) is 41.0 Å². The van der Waals surface area contributed by atoms with Crippen LogP contribution >= 0.6 is 0 Å². The zero-order chi connectivity index (χ0) is 17.8. The van der Waals surface area contributed by atoms with Gasteiger partial charge in [0, 0.05) is 5.56 Å². The van der Waals surface area contributed by atoms with Crippen molar-refractivity contribution in [2.75, 3.05) is 7.11 Å². The van der Waals surface area contributed by atoms with Crippen molar-refractivity contribution in [1.29, 1.82) is 0 Å². The Labute approximate surface area is 152 Å². The van der Waals surface area contributed by atoms with Crippen LogP contribution in [-0.2, 0) is 6.42 Å². The van der Waals surface area contributed by atoms with Gasteiger partial charge in [0.25, 0.3) is 0 Å². The van der Waals surface area contributed by atoms with Crippen LogP contribution < -0.4 is 4.74 Å². The lowest BCUT2D eigenvalue weighted by atomic mass is 10.0. The van der Waals surface area contributed by atoms with E-state index in [1.54, 1.807) is 7.11 Å². The van der Waals surface area contributed by atoms with Gasteiger partial charge < -0.3 is 9.26 Å². The third-order valence-electron chi connectivity index (χ3n) is 4.23. The molecule has 0 spiro atoms. The molecular weight excluding hydrogens is 324 g/mol. The summed E-state index contributed by atoms with van der Waals surface area (Å²) in [7, 11) is 1.64. The quantitative estimate of drug-likeness (QED) is 0.512. The van der Waals surface area contributed by atoms with E-state index < -0.39 is 0 Å². The summed E-state index contributed by atoms with van der Waals surface area (Å²) in [4.78, 5) is 4.49. The van der Waals surface area contributed by atoms with Crippen LogP contribution in [0.15, 0.2) is 83.4 Å². The number of ether oxygens (including phenoxy) is 1. The molecule has 4 rings (SSSR count). The fourth-order valence-electron chi connectivity index (χ4n) is 2.80. The lowest BCUT2D eigenvalue weighted by molar-refractivity contribution is 0.385. The van der Waals surface area contributed by atoms with Gasteiger partial charge >= 0.3 is 0 Å². The van der Waals surface area contributed by atoms with Gasteiger partial charge in [0.1, 0.15) is 5.75 Å². The zero-order valence-corrected chi connectivity index (χ0v) is 14.4. The van der Waals surface area contributed by atoms with Gasteiger partial charge in [0.2, 0.25) is 11.7 Å². The molecule has 0 saturated carbocycles. The highest BCUT2D eigenvalue weighted by atomic mass is 16.5. The van der Waals surface area contributed by atoms with E-state index in [0.717, 1.165) is 16.9 Å². The molecule has 128 valence electrons. The molecule has 4 aromatic rings. The molecule has 1 aromatic heterocycles. The first-order valence-electron chi connectivity index (χ1n) is 8.43. The van der Waals surface area contributed by atoms with E-state index in [0.29, 0.717) is 18.1 Å². The molecule has 0 aliphatic rings. The third kappa shape index (κ3) is 3.49. The molecule has 0 aliphatic heterocycles. The van der Waals surface area contributed by atoms with Gasteiger partial charge in [-0.3, -0.25) is 0 Å². The highest BCUT2D eigenvalue weighted by Crippen LogP contribution is 2.22. The van der Waals surface area contributed by atoms with E-state index in [-0.39, 0.29) is 0 Å². The van der Waals surface area contributed by atoms with Crippen LogP contribution in [0.3, 0.4) is 0 Å². The Kier molecular flexibility index (Phi) is 4.48. The van der Waals surface area contributed by atoms with Gasteiger partial charge in [-0.1, -0.05) is 59.8 Å². The minimum absolute atomic E-state index is 0.587. The Morgan fingerprint density at radius 2 is 1.42 bits per heavy atom. The smallest absolute Gasteiger partial charge is 0.231 e. The molecule has 0 N–H and O–H groups in total. The molecule has 4 nitrogen and oxygen atoms in total. The summed E-state index contributed by atoms with van der Waals surface area (Å²) < 4.78 is 10.6. The second-order valence-electron chi connectivity index (χ2n) is 5.98. The molecule has 3 aromatic carbocycles. The van der Waals surface area contributed by atoms with E-state index in [1.807, 2.05) is 42.5 Å². The van der Waals surface area contributed by atoms with Crippen LogP contribution in [0.2, 0.25) is 0 Å². The first-order valence-corrected chi connectivity index (χ1v) is 8.43. The SMILES string of the molecule is COc1ccc(-c2noc(Cc3ccc(-c4ccccc4)cc3)n2)cc1. The topological polar surface area (TPSA) is 48.2 Å². The van der Waals surface area contributed by atoms with Crippen molar-refractivity contribution in [2.45, 2.75) is 6.42 Å². The molecule has 0 saturated heterocycles. The van der Waals surface area contributed by atoms with Crippen LogP contribution in [0, 0.1) is 0 Å². The van der Waals surface area contributed by atoms with E-state index >= 15 is 0 Å². The predicted octanol–water partition coefficient (Wildman–Crippen LogP) is 5.00. The largest absolute Gasteiger partial charge is 0.497 e. The summed E-state index contributed by atoms with van der Waals surface area (Å²) in [5, 5.41) is 4.08. The molecule has 0 fully saturated rings. The van der Waals surface area contributed by atoms with Gasteiger partial charge in [-0.2, -0.15) is 4.98 Å².